The van der Waals surface area contributed by atoms with E-state index in [9.17, 15) is 0 Å². The molecule has 0 amide bonds. The van der Waals surface area contributed by atoms with Crippen LogP contribution in [0.1, 0.15) is 5.56 Å². The number of hydrogen-bond donors (Lipinski definition) is 2. The van der Waals surface area contributed by atoms with E-state index in [-0.39, 0.29) is 24.0 Å². The Kier molecular flexibility index (Phi) is 10.5. The lowest BCUT2D eigenvalue weighted by molar-refractivity contribution is 0.312. The summed E-state index contributed by atoms with van der Waals surface area (Å²) in [4.78, 5) is 9.06. The summed E-state index contributed by atoms with van der Waals surface area (Å²) in [7, 11) is 3.93. The second-order valence-electron chi connectivity index (χ2n) is 7.04. The summed E-state index contributed by atoms with van der Waals surface area (Å²) in [6.45, 7) is 5.96. The van der Waals surface area contributed by atoms with Gasteiger partial charge in [0.15, 0.2) is 5.96 Å². The fraction of sp³-hybridized carbons (Fsp3) is 0.409. The second-order valence-corrected chi connectivity index (χ2v) is 7.45. The van der Waals surface area contributed by atoms with Crippen LogP contribution in [0.2, 0.25) is 5.02 Å². The lowest BCUT2D eigenvalue weighted by Gasteiger charge is -2.35. The van der Waals surface area contributed by atoms with E-state index < -0.39 is 0 Å². The van der Waals surface area contributed by atoms with E-state index in [0.29, 0.717) is 19.7 Å². The number of piperazine rings is 1. The standard InChI is InChI=1S/C22H30ClN5O.HI/c1-24-22(25-11-16-29-18-7-4-3-5-8-18)26-17-19-20(23)9-6-10-21(19)28-14-12-27(2)13-15-28;/h3-10H,11-17H2,1-2H3,(H2,24,25,26);1H. The van der Waals surface area contributed by atoms with Crippen LogP contribution in [0.5, 0.6) is 5.75 Å². The fourth-order valence-electron chi connectivity index (χ4n) is 3.31. The van der Waals surface area contributed by atoms with Crippen molar-refractivity contribution in [2.75, 3.05) is 58.3 Å². The molecule has 164 valence electrons. The van der Waals surface area contributed by atoms with Gasteiger partial charge in [0.05, 0.1) is 6.54 Å². The normalized spacial score (nSPS) is 14.8. The number of para-hydroxylation sites is 1. The fourth-order valence-corrected chi connectivity index (χ4v) is 3.55. The molecule has 0 bridgehead atoms. The summed E-state index contributed by atoms with van der Waals surface area (Å²) < 4.78 is 5.71. The van der Waals surface area contributed by atoms with Crippen molar-refractivity contribution in [2.24, 2.45) is 4.99 Å². The predicted molar refractivity (Wildman–Crippen MR) is 137 cm³/mol. The summed E-state index contributed by atoms with van der Waals surface area (Å²) in [5.41, 5.74) is 2.29. The third kappa shape index (κ3) is 7.21. The molecule has 2 aromatic carbocycles. The number of anilines is 1. The average molecular weight is 544 g/mol. The highest BCUT2D eigenvalue weighted by Gasteiger charge is 2.18. The number of ether oxygens (including phenoxy) is 1. The van der Waals surface area contributed by atoms with Crippen LogP contribution in [-0.2, 0) is 6.54 Å². The third-order valence-corrected chi connectivity index (χ3v) is 5.35. The molecule has 3 rings (SSSR count). The lowest BCUT2D eigenvalue weighted by atomic mass is 10.1. The predicted octanol–water partition coefficient (Wildman–Crippen LogP) is 3.45. The highest BCUT2D eigenvalue weighted by molar-refractivity contribution is 14.0. The molecule has 2 N–H and O–H groups in total. The Bertz CT molecular complexity index is 797. The summed E-state index contributed by atoms with van der Waals surface area (Å²) in [5.74, 6) is 1.59. The average Bonchev–Trinajstić information content (AvgIpc) is 2.75. The van der Waals surface area contributed by atoms with Crippen molar-refractivity contribution in [3.8, 4) is 5.75 Å². The number of rotatable bonds is 7. The molecule has 1 heterocycles. The van der Waals surface area contributed by atoms with Gasteiger partial charge < -0.3 is 25.2 Å². The summed E-state index contributed by atoms with van der Waals surface area (Å²) >= 11 is 6.54. The van der Waals surface area contributed by atoms with Gasteiger partial charge in [-0.25, -0.2) is 0 Å². The zero-order valence-electron chi connectivity index (χ0n) is 17.6. The Balaban J connectivity index is 0.00000320. The Labute approximate surface area is 201 Å². The lowest BCUT2D eigenvalue weighted by Crippen LogP contribution is -2.45. The van der Waals surface area contributed by atoms with Crippen LogP contribution >= 0.6 is 35.6 Å². The van der Waals surface area contributed by atoms with Gasteiger partial charge in [-0.2, -0.15) is 0 Å². The van der Waals surface area contributed by atoms with Gasteiger partial charge in [-0.1, -0.05) is 35.9 Å². The second kappa shape index (κ2) is 12.9. The molecular weight excluding hydrogens is 513 g/mol. The number of nitrogens with zero attached hydrogens (tertiary/aromatic N) is 3. The monoisotopic (exact) mass is 543 g/mol. The molecule has 1 aliphatic rings. The molecule has 0 radical (unpaired) electrons. The van der Waals surface area contributed by atoms with Crippen LogP contribution in [-0.4, -0.2) is 64.3 Å². The van der Waals surface area contributed by atoms with Crippen molar-refractivity contribution >= 4 is 47.2 Å². The minimum Gasteiger partial charge on any atom is -0.492 e. The molecule has 0 saturated carbocycles. The molecule has 1 fully saturated rings. The van der Waals surface area contributed by atoms with Gasteiger partial charge in [0.25, 0.3) is 0 Å². The van der Waals surface area contributed by atoms with E-state index in [0.717, 1.165) is 48.5 Å². The molecule has 30 heavy (non-hydrogen) atoms. The first-order chi connectivity index (χ1) is 14.2. The zero-order chi connectivity index (χ0) is 20.5. The van der Waals surface area contributed by atoms with Gasteiger partial charge in [0.2, 0.25) is 0 Å². The molecule has 0 aliphatic carbocycles. The number of guanidine groups is 1. The Hall–Kier alpha value is -1.71. The Morgan fingerprint density at radius 2 is 1.77 bits per heavy atom. The number of likely N-dealkylation sites (N-methyl/N-ethyl adjacent to an activating group) is 1. The summed E-state index contributed by atoms with van der Waals surface area (Å²) in [6.07, 6.45) is 0. The number of aliphatic imine (C=N–C) groups is 1. The van der Waals surface area contributed by atoms with E-state index in [2.05, 4.69) is 38.5 Å². The van der Waals surface area contributed by atoms with E-state index in [1.807, 2.05) is 42.5 Å². The zero-order valence-corrected chi connectivity index (χ0v) is 20.7. The molecular formula is C22H31ClIN5O. The molecule has 0 spiro atoms. The maximum Gasteiger partial charge on any atom is 0.191 e. The molecule has 2 aromatic rings. The SMILES string of the molecule is CN=C(NCCOc1ccccc1)NCc1c(Cl)cccc1N1CCN(C)CC1.I. The number of benzene rings is 2. The van der Waals surface area contributed by atoms with Gasteiger partial charge in [0.1, 0.15) is 12.4 Å². The molecule has 6 nitrogen and oxygen atoms in total. The van der Waals surface area contributed by atoms with E-state index in [1.54, 1.807) is 7.05 Å². The van der Waals surface area contributed by atoms with Crippen LogP contribution in [0.15, 0.2) is 53.5 Å². The van der Waals surface area contributed by atoms with Gasteiger partial charge in [-0.15, -0.1) is 24.0 Å². The molecule has 1 aliphatic heterocycles. The van der Waals surface area contributed by atoms with Crippen molar-refractivity contribution in [3.63, 3.8) is 0 Å². The highest BCUT2D eigenvalue weighted by atomic mass is 127. The van der Waals surface area contributed by atoms with Crippen molar-refractivity contribution in [3.05, 3.63) is 59.1 Å². The first kappa shape index (κ1) is 24.6. The topological polar surface area (TPSA) is 52.1 Å². The van der Waals surface area contributed by atoms with Gasteiger partial charge >= 0.3 is 0 Å². The van der Waals surface area contributed by atoms with Crippen LogP contribution in [0.25, 0.3) is 0 Å². The molecule has 0 aromatic heterocycles. The van der Waals surface area contributed by atoms with Crippen LogP contribution in [0.3, 0.4) is 0 Å². The van der Waals surface area contributed by atoms with Gasteiger partial charge in [0, 0.05) is 56.0 Å². The quantitative estimate of drug-likeness (QED) is 0.243. The summed E-state index contributed by atoms with van der Waals surface area (Å²) in [5, 5.41) is 7.43. The molecule has 8 heteroatoms. The van der Waals surface area contributed by atoms with Gasteiger partial charge in [-0.05, 0) is 31.3 Å². The molecule has 0 unspecified atom stereocenters. The van der Waals surface area contributed by atoms with E-state index in [4.69, 9.17) is 16.3 Å². The van der Waals surface area contributed by atoms with Crippen molar-refractivity contribution in [1.82, 2.24) is 15.5 Å². The molecule has 1 saturated heterocycles. The van der Waals surface area contributed by atoms with Crippen LogP contribution in [0.4, 0.5) is 5.69 Å². The number of nitrogens with one attached hydrogen (secondary N) is 2. The smallest absolute Gasteiger partial charge is 0.191 e. The van der Waals surface area contributed by atoms with E-state index in [1.165, 1.54) is 5.69 Å². The van der Waals surface area contributed by atoms with Gasteiger partial charge in [-0.3, -0.25) is 4.99 Å². The number of hydrogen-bond acceptors (Lipinski definition) is 4. The Morgan fingerprint density at radius 3 is 2.47 bits per heavy atom. The Morgan fingerprint density at radius 1 is 1.03 bits per heavy atom. The highest BCUT2D eigenvalue weighted by Crippen LogP contribution is 2.28. The van der Waals surface area contributed by atoms with Crippen LogP contribution in [0, 0.1) is 0 Å². The number of halogens is 2. The van der Waals surface area contributed by atoms with Crippen molar-refractivity contribution in [1.29, 1.82) is 0 Å². The third-order valence-electron chi connectivity index (χ3n) is 5.00. The van der Waals surface area contributed by atoms with Crippen LogP contribution < -0.4 is 20.3 Å². The largest absolute Gasteiger partial charge is 0.492 e. The maximum atomic E-state index is 6.54. The minimum absolute atomic E-state index is 0. The van der Waals surface area contributed by atoms with Crippen molar-refractivity contribution in [2.45, 2.75) is 6.54 Å². The van der Waals surface area contributed by atoms with Crippen molar-refractivity contribution < 1.29 is 4.74 Å². The minimum atomic E-state index is 0. The summed E-state index contributed by atoms with van der Waals surface area (Å²) in [6, 6.07) is 15.9. The van der Waals surface area contributed by atoms with E-state index >= 15 is 0 Å². The maximum absolute atomic E-state index is 6.54. The first-order valence-corrected chi connectivity index (χ1v) is 10.4. The first-order valence-electron chi connectivity index (χ1n) is 10.0. The molecule has 0 atom stereocenters.